The highest BCUT2D eigenvalue weighted by atomic mass is 16.1. The Morgan fingerprint density at radius 1 is 1.56 bits per heavy atom. The molecule has 0 radical (unpaired) electrons. The molecule has 3 N–H and O–H groups in total. The fraction of sp³-hybridized carbons (Fsp3) is 0.462. The van der Waals surface area contributed by atoms with Gasteiger partial charge < -0.3 is 11.1 Å². The highest BCUT2D eigenvalue weighted by molar-refractivity contribution is 5.94. The summed E-state index contributed by atoms with van der Waals surface area (Å²) in [6.07, 6.45) is 1.24. The van der Waals surface area contributed by atoms with E-state index < -0.39 is 0 Å². The average molecular weight is 218 g/mol. The molecule has 1 amide bonds. The third-order valence-electron chi connectivity index (χ3n) is 3.23. The van der Waals surface area contributed by atoms with Gasteiger partial charge in [0.25, 0.3) is 5.91 Å². The Morgan fingerprint density at radius 3 is 2.94 bits per heavy atom. The van der Waals surface area contributed by atoms with Crippen molar-refractivity contribution < 1.29 is 4.79 Å². The van der Waals surface area contributed by atoms with Crippen LogP contribution in [-0.2, 0) is 6.54 Å². The van der Waals surface area contributed by atoms with Crippen molar-refractivity contribution in [3.8, 4) is 0 Å². The highest BCUT2D eigenvalue weighted by Gasteiger charge is 2.32. The van der Waals surface area contributed by atoms with E-state index >= 15 is 0 Å². The van der Waals surface area contributed by atoms with E-state index in [2.05, 4.69) is 12.2 Å². The van der Waals surface area contributed by atoms with Crippen LogP contribution in [0.5, 0.6) is 0 Å². The predicted octanol–water partition coefficient (Wildman–Crippen LogP) is 1.53. The van der Waals surface area contributed by atoms with E-state index in [9.17, 15) is 4.79 Å². The molecule has 0 spiro atoms. The third kappa shape index (κ3) is 2.61. The molecule has 16 heavy (non-hydrogen) atoms. The summed E-state index contributed by atoms with van der Waals surface area (Å²) >= 11 is 0. The Morgan fingerprint density at radius 2 is 2.31 bits per heavy atom. The van der Waals surface area contributed by atoms with Gasteiger partial charge in [-0.15, -0.1) is 0 Å². The summed E-state index contributed by atoms with van der Waals surface area (Å²) in [6.45, 7) is 3.49. The highest BCUT2D eigenvalue weighted by Crippen LogP contribution is 2.36. The summed E-state index contributed by atoms with van der Waals surface area (Å²) in [5.41, 5.74) is 7.24. The largest absolute Gasteiger partial charge is 0.352 e. The van der Waals surface area contributed by atoms with Gasteiger partial charge in [-0.3, -0.25) is 4.79 Å². The van der Waals surface area contributed by atoms with Gasteiger partial charge in [-0.05, 0) is 36.0 Å². The van der Waals surface area contributed by atoms with Crippen LogP contribution in [0.25, 0.3) is 0 Å². The second kappa shape index (κ2) is 4.66. The van der Waals surface area contributed by atoms with Crippen LogP contribution in [0.4, 0.5) is 0 Å². The quantitative estimate of drug-likeness (QED) is 0.805. The van der Waals surface area contributed by atoms with Crippen LogP contribution >= 0.6 is 0 Å². The lowest BCUT2D eigenvalue weighted by molar-refractivity contribution is 0.0951. The van der Waals surface area contributed by atoms with E-state index in [1.807, 2.05) is 24.3 Å². The van der Waals surface area contributed by atoms with Gasteiger partial charge in [0.05, 0.1) is 0 Å². The second-order valence-corrected chi connectivity index (χ2v) is 4.59. The van der Waals surface area contributed by atoms with Crippen LogP contribution in [0, 0.1) is 11.8 Å². The van der Waals surface area contributed by atoms with Gasteiger partial charge in [0.15, 0.2) is 0 Å². The van der Waals surface area contributed by atoms with E-state index in [0.717, 1.165) is 18.0 Å². The van der Waals surface area contributed by atoms with Crippen LogP contribution in [0.3, 0.4) is 0 Å². The van der Waals surface area contributed by atoms with E-state index in [0.29, 0.717) is 18.0 Å². The fourth-order valence-corrected chi connectivity index (χ4v) is 1.85. The zero-order valence-corrected chi connectivity index (χ0v) is 9.57. The topological polar surface area (TPSA) is 55.1 Å². The molecular weight excluding hydrogens is 200 g/mol. The Labute approximate surface area is 96.0 Å². The van der Waals surface area contributed by atoms with Gasteiger partial charge in [-0.2, -0.15) is 0 Å². The van der Waals surface area contributed by atoms with Gasteiger partial charge in [-0.1, -0.05) is 19.1 Å². The number of hydrogen-bond acceptors (Lipinski definition) is 2. The summed E-state index contributed by atoms with van der Waals surface area (Å²) in [6, 6.07) is 7.48. The number of amides is 1. The van der Waals surface area contributed by atoms with Crippen LogP contribution < -0.4 is 11.1 Å². The van der Waals surface area contributed by atoms with Crippen molar-refractivity contribution >= 4 is 5.91 Å². The molecular formula is C13H18N2O. The maximum Gasteiger partial charge on any atom is 0.251 e. The third-order valence-corrected chi connectivity index (χ3v) is 3.23. The van der Waals surface area contributed by atoms with Crippen molar-refractivity contribution in [1.29, 1.82) is 0 Å². The SMILES string of the molecule is CC1CC1CNC(=O)c1cccc(CN)c1. The second-order valence-electron chi connectivity index (χ2n) is 4.59. The summed E-state index contributed by atoms with van der Waals surface area (Å²) in [4.78, 5) is 11.8. The van der Waals surface area contributed by atoms with E-state index in [1.165, 1.54) is 6.42 Å². The van der Waals surface area contributed by atoms with Gasteiger partial charge in [-0.25, -0.2) is 0 Å². The summed E-state index contributed by atoms with van der Waals surface area (Å²) in [5, 5.41) is 2.96. The van der Waals surface area contributed by atoms with Gasteiger partial charge >= 0.3 is 0 Å². The standard InChI is InChI=1S/C13H18N2O/c1-9-5-12(9)8-15-13(16)11-4-2-3-10(6-11)7-14/h2-4,6,9,12H,5,7-8,14H2,1H3,(H,15,16). The summed E-state index contributed by atoms with van der Waals surface area (Å²) in [5.74, 6) is 1.46. The molecule has 0 heterocycles. The van der Waals surface area contributed by atoms with Crippen molar-refractivity contribution in [3.63, 3.8) is 0 Å². The fourth-order valence-electron chi connectivity index (χ4n) is 1.85. The first-order valence-electron chi connectivity index (χ1n) is 5.78. The normalized spacial score (nSPS) is 22.9. The number of nitrogens with one attached hydrogen (secondary N) is 1. The number of nitrogens with two attached hydrogens (primary N) is 1. The van der Waals surface area contributed by atoms with Crippen LogP contribution in [0.2, 0.25) is 0 Å². The van der Waals surface area contributed by atoms with Crippen molar-refractivity contribution in [3.05, 3.63) is 35.4 Å². The molecule has 86 valence electrons. The molecule has 0 aromatic heterocycles. The average Bonchev–Trinajstić information content (AvgIpc) is 3.02. The van der Waals surface area contributed by atoms with Crippen molar-refractivity contribution in [2.75, 3.05) is 6.54 Å². The lowest BCUT2D eigenvalue weighted by Crippen LogP contribution is -2.26. The minimum atomic E-state index is 0.00870. The number of carbonyl (C=O) groups excluding carboxylic acids is 1. The molecule has 2 atom stereocenters. The molecule has 1 aliphatic carbocycles. The van der Waals surface area contributed by atoms with Crippen LogP contribution in [-0.4, -0.2) is 12.5 Å². The Hall–Kier alpha value is -1.35. The van der Waals surface area contributed by atoms with E-state index in [-0.39, 0.29) is 5.91 Å². The van der Waals surface area contributed by atoms with Crippen molar-refractivity contribution in [2.24, 2.45) is 17.6 Å². The molecule has 0 aliphatic heterocycles. The number of carbonyl (C=O) groups is 1. The minimum absolute atomic E-state index is 0.00870. The molecule has 1 fully saturated rings. The van der Waals surface area contributed by atoms with Crippen molar-refractivity contribution in [1.82, 2.24) is 5.32 Å². The molecule has 0 bridgehead atoms. The summed E-state index contributed by atoms with van der Waals surface area (Å²) < 4.78 is 0. The van der Waals surface area contributed by atoms with E-state index in [4.69, 9.17) is 5.73 Å². The number of hydrogen-bond donors (Lipinski definition) is 2. The van der Waals surface area contributed by atoms with Gasteiger partial charge in [0.1, 0.15) is 0 Å². The van der Waals surface area contributed by atoms with Crippen LogP contribution in [0.1, 0.15) is 29.3 Å². The van der Waals surface area contributed by atoms with Gasteiger partial charge in [0, 0.05) is 18.7 Å². The zero-order valence-electron chi connectivity index (χ0n) is 9.57. The maximum absolute atomic E-state index is 11.8. The predicted molar refractivity (Wildman–Crippen MR) is 63.9 cm³/mol. The van der Waals surface area contributed by atoms with E-state index in [1.54, 1.807) is 0 Å². The first kappa shape index (κ1) is 11.1. The molecule has 0 saturated heterocycles. The first-order valence-corrected chi connectivity index (χ1v) is 5.78. The smallest absolute Gasteiger partial charge is 0.251 e. The van der Waals surface area contributed by atoms with Gasteiger partial charge in [0.2, 0.25) is 0 Å². The molecule has 1 aromatic rings. The van der Waals surface area contributed by atoms with Crippen LogP contribution in [0.15, 0.2) is 24.3 Å². The molecule has 1 saturated carbocycles. The number of rotatable bonds is 4. The van der Waals surface area contributed by atoms with Crippen molar-refractivity contribution in [2.45, 2.75) is 19.9 Å². The summed E-state index contributed by atoms with van der Waals surface area (Å²) in [7, 11) is 0. The number of benzene rings is 1. The lowest BCUT2D eigenvalue weighted by atomic mass is 10.1. The molecule has 2 rings (SSSR count). The molecule has 3 heteroatoms. The Bertz CT molecular complexity index is 389. The minimum Gasteiger partial charge on any atom is -0.352 e. The first-order chi connectivity index (χ1) is 7.70. The Balaban J connectivity index is 1.92. The molecule has 1 aliphatic rings. The zero-order chi connectivity index (χ0) is 11.5. The monoisotopic (exact) mass is 218 g/mol. The molecule has 1 aromatic carbocycles. The lowest BCUT2D eigenvalue weighted by Gasteiger charge is -2.05. The maximum atomic E-state index is 11.8. The molecule has 3 nitrogen and oxygen atoms in total. The molecule has 2 unspecified atom stereocenters. The Kier molecular flexibility index (Phi) is 3.25.